The van der Waals surface area contributed by atoms with Crippen molar-refractivity contribution in [3.05, 3.63) is 38.9 Å². The second kappa shape index (κ2) is 4.73. The third-order valence-corrected chi connectivity index (χ3v) is 2.16. The van der Waals surface area contributed by atoms with Crippen LogP contribution >= 0.6 is 11.6 Å². The number of aliphatic hydroxyl groups excluding tert-OH is 1. The molecule has 0 radical (unpaired) electrons. The fourth-order valence-electron chi connectivity index (χ4n) is 1.08. The van der Waals surface area contributed by atoms with Crippen molar-refractivity contribution in [2.45, 2.75) is 12.5 Å². The maximum absolute atomic E-state index is 10.5. The maximum atomic E-state index is 10.5. The molecule has 0 spiro atoms. The summed E-state index contributed by atoms with van der Waals surface area (Å²) in [6.07, 6.45) is -1.13. The van der Waals surface area contributed by atoms with E-state index in [1.165, 1.54) is 18.2 Å². The van der Waals surface area contributed by atoms with Gasteiger partial charge in [0, 0.05) is 6.07 Å². The van der Waals surface area contributed by atoms with Crippen LogP contribution in [0, 0.1) is 21.4 Å². The highest BCUT2D eigenvalue weighted by atomic mass is 35.5. The van der Waals surface area contributed by atoms with Crippen LogP contribution in [-0.2, 0) is 0 Å². The molecule has 1 N–H and O–H groups in total. The highest BCUT2D eigenvalue weighted by Gasteiger charge is 2.16. The van der Waals surface area contributed by atoms with Crippen LogP contribution in [0.4, 0.5) is 5.69 Å². The molecule has 1 atom stereocenters. The van der Waals surface area contributed by atoms with Crippen molar-refractivity contribution >= 4 is 17.3 Å². The van der Waals surface area contributed by atoms with Crippen molar-refractivity contribution in [1.82, 2.24) is 0 Å². The minimum atomic E-state index is -1.02. The molecule has 0 bridgehead atoms. The lowest BCUT2D eigenvalue weighted by atomic mass is 10.1. The first kappa shape index (κ1) is 11.4. The van der Waals surface area contributed by atoms with E-state index in [0.717, 1.165) is 0 Å². The Balaban J connectivity index is 3.08. The number of benzene rings is 1. The molecule has 0 fully saturated rings. The zero-order valence-electron chi connectivity index (χ0n) is 7.55. The van der Waals surface area contributed by atoms with Gasteiger partial charge in [0.05, 0.1) is 23.5 Å². The number of nitriles is 1. The lowest BCUT2D eigenvalue weighted by Crippen LogP contribution is -1.98. The maximum Gasteiger partial charge on any atom is 0.288 e. The van der Waals surface area contributed by atoms with Gasteiger partial charge in [-0.1, -0.05) is 17.7 Å². The summed E-state index contributed by atoms with van der Waals surface area (Å²) in [4.78, 5) is 9.89. The summed E-state index contributed by atoms with van der Waals surface area (Å²) in [5.74, 6) is 0. The predicted molar refractivity (Wildman–Crippen MR) is 53.3 cm³/mol. The smallest absolute Gasteiger partial charge is 0.288 e. The van der Waals surface area contributed by atoms with Crippen molar-refractivity contribution in [3.8, 4) is 6.07 Å². The van der Waals surface area contributed by atoms with Gasteiger partial charge in [-0.25, -0.2) is 0 Å². The van der Waals surface area contributed by atoms with Gasteiger partial charge in [-0.05, 0) is 11.6 Å². The van der Waals surface area contributed by atoms with Gasteiger partial charge in [0.15, 0.2) is 0 Å². The zero-order chi connectivity index (χ0) is 11.4. The van der Waals surface area contributed by atoms with Crippen molar-refractivity contribution in [1.29, 1.82) is 5.26 Å². The molecule has 0 aliphatic carbocycles. The van der Waals surface area contributed by atoms with Gasteiger partial charge in [-0.15, -0.1) is 0 Å². The fraction of sp³-hybridized carbons (Fsp3) is 0.222. The Morgan fingerprint density at radius 3 is 2.87 bits per heavy atom. The van der Waals surface area contributed by atoms with Gasteiger partial charge in [0.25, 0.3) is 5.69 Å². The molecule has 0 heterocycles. The molecule has 5 nitrogen and oxygen atoms in total. The third kappa shape index (κ3) is 2.65. The number of halogens is 1. The molecule has 1 aromatic carbocycles. The Morgan fingerprint density at radius 1 is 1.67 bits per heavy atom. The van der Waals surface area contributed by atoms with Crippen LogP contribution < -0.4 is 0 Å². The molecule has 78 valence electrons. The quantitative estimate of drug-likeness (QED) is 0.632. The van der Waals surface area contributed by atoms with Gasteiger partial charge in [-0.3, -0.25) is 10.1 Å². The molecule has 0 aliphatic rings. The Hall–Kier alpha value is -1.64. The van der Waals surface area contributed by atoms with Gasteiger partial charge in [0.1, 0.15) is 5.02 Å². The van der Waals surface area contributed by atoms with Crippen LogP contribution in [0.3, 0.4) is 0 Å². The SMILES string of the molecule is N#CCC(O)c1ccc(Cl)c([N+](=O)[O-])c1. The first-order valence-electron chi connectivity index (χ1n) is 4.05. The molecular weight excluding hydrogens is 220 g/mol. The summed E-state index contributed by atoms with van der Waals surface area (Å²) < 4.78 is 0. The van der Waals surface area contributed by atoms with E-state index in [2.05, 4.69) is 0 Å². The van der Waals surface area contributed by atoms with Crippen LogP contribution in [0.25, 0.3) is 0 Å². The summed E-state index contributed by atoms with van der Waals surface area (Å²) in [6, 6.07) is 5.73. The Bertz CT molecular complexity index is 428. The first-order valence-corrected chi connectivity index (χ1v) is 4.43. The lowest BCUT2D eigenvalue weighted by Gasteiger charge is -2.06. The molecule has 0 aliphatic heterocycles. The van der Waals surface area contributed by atoms with E-state index in [1.807, 2.05) is 0 Å². The molecule has 6 heteroatoms. The van der Waals surface area contributed by atoms with E-state index in [-0.39, 0.29) is 17.1 Å². The highest BCUT2D eigenvalue weighted by Crippen LogP contribution is 2.28. The van der Waals surface area contributed by atoms with Crippen molar-refractivity contribution in [2.75, 3.05) is 0 Å². The van der Waals surface area contributed by atoms with E-state index in [4.69, 9.17) is 16.9 Å². The lowest BCUT2D eigenvalue weighted by molar-refractivity contribution is -0.384. The first-order chi connectivity index (χ1) is 7.06. The third-order valence-electron chi connectivity index (χ3n) is 1.84. The van der Waals surface area contributed by atoms with Crippen LogP contribution in [0.5, 0.6) is 0 Å². The van der Waals surface area contributed by atoms with Crippen LogP contribution in [0.2, 0.25) is 5.02 Å². The molecule has 0 aromatic heterocycles. The molecule has 0 saturated heterocycles. The van der Waals surface area contributed by atoms with E-state index in [0.29, 0.717) is 5.56 Å². The standard InChI is InChI=1S/C9H7ClN2O3/c10-7-2-1-6(9(13)3-4-11)5-8(7)12(14)15/h1-2,5,9,13H,3H2. The number of hydrogen-bond acceptors (Lipinski definition) is 4. The summed E-state index contributed by atoms with van der Waals surface area (Å²) in [5, 5.41) is 28.3. The fourth-order valence-corrected chi connectivity index (χ4v) is 1.27. The molecule has 0 saturated carbocycles. The van der Waals surface area contributed by atoms with Crippen molar-refractivity contribution < 1.29 is 10.0 Å². The molecular formula is C9H7ClN2O3. The summed E-state index contributed by atoms with van der Waals surface area (Å²) >= 11 is 5.58. The number of nitro benzene ring substituents is 1. The molecule has 15 heavy (non-hydrogen) atoms. The molecule has 1 aromatic rings. The highest BCUT2D eigenvalue weighted by molar-refractivity contribution is 6.32. The Kier molecular flexibility index (Phi) is 3.61. The Morgan fingerprint density at radius 2 is 2.33 bits per heavy atom. The van der Waals surface area contributed by atoms with Crippen LogP contribution in [0.15, 0.2) is 18.2 Å². The zero-order valence-corrected chi connectivity index (χ0v) is 8.31. The normalized spacial score (nSPS) is 11.8. The van der Waals surface area contributed by atoms with Gasteiger partial charge >= 0.3 is 0 Å². The largest absolute Gasteiger partial charge is 0.387 e. The number of nitrogens with zero attached hydrogens (tertiary/aromatic N) is 2. The molecule has 1 rings (SSSR count). The average Bonchev–Trinajstić information content (AvgIpc) is 2.18. The minimum absolute atomic E-state index is 0.00732. The van der Waals surface area contributed by atoms with Crippen LogP contribution in [0.1, 0.15) is 18.1 Å². The van der Waals surface area contributed by atoms with Gasteiger partial charge in [0.2, 0.25) is 0 Å². The average molecular weight is 227 g/mol. The summed E-state index contributed by atoms with van der Waals surface area (Å²) in [7, 11) is 0. The van der Waals surface area contributed by atoms with E-state index >= 15 is 0 Å². The molecule has 0 amide bonds. The number of hydrogen-bond donors (Lipinski definition) is 1. The van der Waals surface area contributed by atoms with Gasteiger partial charge < -0.3 is 5.11 Å². The summed E-state index contributed by atoms with van der Waals surface area (Å²) in [5.41, 5.74) is 0.0406. The predicted octanol–water partition coefficient (Wildman–Crippen LogP) is 2.20. The number of nitro groups is 1. The van der Waals surface area contributed by atoms with Gasteiger partial charge in [-0.2, -0.15) is 5.26 Å². The van der Waals surface area contributed by atoms with Crippen molar-refractivity contribution in [2.24, 2.45) is 0 Å². The second-order valence-corrected chi connectivity index (χ2v) is 3.25. The topological polar surface area (TPSA) is 87.2 Å². The summed E-state index contributed by atoms with van der Waals surface area (Å²) in [6.45, 7) is 0. The van der Waals surface area contributed by atoms with Crippen molar-refractivity contribution in [3.63, 3.8) is 0 Å². The monoisotopic (exact) mass is 226 g/mol. The number of aliphatic hydroxyl groups is 1. The second-order valence-electron chi connectivity index (χ2n) is 2.85. The Labute approximate surface area is 90.7 Å². The van der Waals surface area contributed by atoms with E-state index < -0.39 is 11.0 Å². The number of rotatable bonds is 3. The minimum Gasteiger partial charge on any atom is -0.387 e. The molecule has 1 unspecified atom stereocenters. The van der Waals surface area contributed by atoms with Crippen LogP contribution in [-0.4, -0.2) is 10.0 Å². The van der Waals surface area contributed by atoms with E-state index in [9.17, 15) is 15.2 Å². The van der Waals surface area contributed by atoms with E-state index in [1.54, 1.807) is 6.07 Å².